The quantitative estimate of drug-likeness (QED) is 0.0402. The van der Waals surface area contributed by atoms with Crippen LogP contribution >= 0.6 is 0 Å². The molecule has 48 nitrogen and oxygen atoms in total. The van der Waals surface area contributed by atoms with Crippen LogP contribution in [0.15, 0.2) is 12.7 Å². The lowest BCUT2D eigenvalue weighted by molar-refractivity contribution is -0.393. The van der Waals surface area contributed by atoms with Gasteiger partial charge in [0, 0.05) is 125 Å². The smallest absolute Gasteiger partial charge is 0.303 e. The summed E-state index contributed by atoms with van der Waals surface area (Å²) >= 11 is 0. The Balaban J connectivity index is 1.66. The van der Waals surface area contributed by atoms with Crippen LogP contribution in [0.4, 0.5) is 0 Å². The second kappa shape index (κ2) is 47.0. The number of carbonyl (C=O) groups excluding carboxylic acids is 18. The lowest BCUT2D eigenvalue weighted by atomic mass is 9.93. The Labute approximate surface area is 702 Å². The maximum atomic E-state index is 14.2. The molecule has 0 aromatic heterocycles. The molecule has 0 aromatic rings. The average Bonchev–Trinajstić information content (AvgIpc) is 0.756. The molecule has 0 bridgehead atoms. The molecule has 12 unspecified atom stereocenters. The highest BCUT2D eigenvalue weighted by Gasteiger charge is 2.64. The van der Waals surface area contributed by atoms with Crippen LogP contribution < -0.4 is 5.32 Å². The summed E-state index contributed by atoms with van der Waals surface area (Å²) < 4.78 is 175. The Bertz CT molecular complexity index is 3790. The van der Waals surface area contributed by atoms with Crippen LogP contribution in [-0.4, -0.2) is 331 Å². The lowest BCUT2D eigenvalue weighted by Gasteiger charge is -2.52. The Hall–Kier alpha value is -10.3. The summed E-state index contributed by atoms with van der Waals surface area (Å²) in [5.74, 6) is -19.8. The van der Waals surface area contributed by atoms with Gasteiger partial charge in [0.2, 0.25) is 5.91 Å². The molecular weight excluding hydrogens is 1670 g/mol. The fraction of sp³-hybridized carbons (Fsp3) is 0.733. The zero-order valence-corrected chi connectivity index (χ0v) is 70.5. The number of carbonyl (C=O) groups is 18. The van der Waals surface area contributed by atoms with Gasteiger partial charge >= 0.3 is 101 Å². The first-order valence-electron chi connectivity index (χ1n) is 38.1. The van der Waals surface area contributed by atoms with Crippen LogP contribution in [-0.2, 0) is 224 Å². The average molecular weight is 1770 g/mol. The molecule has 6 aliphatic rings. The largest absolute Gasteiger partial charge is 0.463 e. The standard InChI is InChI=1S/C75H103NO47/c1-21-22-95-71-65(110-43(17)91)62(108-41(15)89)57(50(115-71)26-99-33(7)81)119-73-67(112-45(19)93)63(109-42(16)90)58(51(118-73)27-100-34(8)82)120-74-68(113-46(20)94)64(56(105-38(12)86)49(116-74)25-98-32(6)80)122-70-52(76-29(3)77)59(54(103-36(10)84)47(114-70)23-96-30(4)78)121-75-69(61(107-40(14)88)55(104-37(11)85)48(117-75)24-97-31(5)79)123-72-66(111-44(18)92)60(106-39(13)87)53(28(2)101-72)102-35(9)83/h21,28,47-75H,1,22-27H2,2-20H3,(H,76,77)/t28?,47?,48?,49?,50?,51?,52?,53-,54-,55-,56-,57+,58-,59+,60?,61-,62-,63-,64-,65?,66+,67?,68?,69?,70-,71+,72-,73-,74+,75-/m0/s1. The number of hydrogen-bond acceptors (Lipinski definition) is 47. The van der Waals surface area contributed by atoms with Gasteiger partial charge in [-0.15, -0.1) is 6.58 Å². The fourth-order valence-electron chi connectivity index (χ4n) is 13.8. The first-order chi connectivity index (χ1) is 57.7. The van der Waals surface area contributed by atoms with Gasteiger partial charge in [0.05, 0.1) is 12.7 Å². The molecule has 30 atom stereocenters. The normalized spacial score (nSPS) is 33.3. The Morgan fingerprint density at radius 2 is 0.463 bits per heavy atom. The third-order valence-electron chi connectivity index (χ3n) is 17.8. The zero-order valence-electron chi connectivity index (χ0n) is 70.5. The zero-order chi connectivity index (χ0) is 91.9. The second-order valence-corrected chi connectivity index (χ2v) is 28.2. The van der Waals surface area contributed by atoms with Gasteiger partial charge in [-0.25, -0.2) is 0 Å². The molecule has 6 rings (SSSR count). The monoisotopic (exact) mass is 1770 g/mol. The maximum Gasteiger partial charge on any atom is 0.303 e. The minimum absolute atomic E-state index is 0.304. The highest BCUT2D eigenvalue weighted by molar-refractivity contribution is 5.74. The molecular formula is C75H103NO47. The van der Waals surface area contributed by atoms with Crippen LogP contribution in [0.5, 0.6) is 0 Å². The summed E-state index contributed by atoms with van der Waals surface area (Å²) in [5.41, 5.74) is 0. The lowest BCUT2D eigenvalue weighted by Crippen LogP contribution is -2.72. The molecule has 0 saturated carbocycles. The molecule has 690 valence electrons. The van der Waals surface area contributed by atoms with E-state index < -0.39 is 325 Å². The molecule has 0 aliphatic carbocycles. The van der Waals surface area contributed by atoms with E-state index in [0.29, 0.717) is 0 Å². The fourth-order valence-corrected chi connectivity index (χ4v) is 13.8. The van der Waals surface area contributed by atoms with E-state index in [2.05, 4.69) is 11.9 Å². The number of ether oxygens (including phenoxy) is 29. The van der Waals surface area contributed by atoms with Gasteiger partial charge in [0.15, 0.2) is 117 Å². The second-order valence-electron chi connectivity index (χ2n) is 28.2. The Morgan fingerprint density at radius 3 is 0.789 bits per heavy atom. The van der Waals surface area contributed by atoms with Crippen LogP contribution in [0.1, 0.15) is 132 Å². The number of esters is 17. The van der Waals surface area contributed by atoms with Gasteiger partial charge < -0.3 is 143 Å². The molecule has 6 fully saturated rings. The van der Waals surface area contributed by atoms with Gasteiger partial charge in [0.25, 0.3) is 0 Å². The highest BCUT2D eigenvalue weighted by Crippen LogP contribution is 2.43. The molecule has 6 heterocycles. The highest BCUT2D eigenvalue weighted by atomic mass is 16.8. The van der Waals surface area contributed by atoms with Gasteiger partial charge in [-0.3, -0.25) is 86.3 Å². The summed E-state index contributed by atoms with van der Waals surface area (Å²) in [4.78, 5) is 239. The topological polar surface area (TPSA) is 587 Å². The van der Waals surface area contributed by atoms with E-state index in [4.69, 9.17) is 137 Å². The van der Waals surface area contributed by atoms with Crippen molar-refractivity contribution in [3.05, 3.63) is 12.7 Å². The molecule has 123 heavy (non-hydrogen) atoms. The van der Waals surface area contributed by atoms with Crippen molar-refractivity contribution in [2.24, 2.45) is 0 Å². The molecule has 1 N–H and O–H groups in total. The van der Waals surface area contributed by atoms with Crippen molar-refractivity contribution in [2.45, 2.75) is 316 Å². The van der Waals surface area contributed by atoms with Crippen molar-refractivity contribution in [1.82, 2.24) is 5.32 Å². The number of amides is 1. The molecule has 0 aromatic carbocycles. The van der Waals surface area contributed by atoms with Crippen LogP contribution in [0, 0.1) is 0 Å². The van der Waals surface area contributed by atoms with Crippen LogP contribution in [0.3, 0.4) is 0 Å². The van der Waals surface area contributed by atoms with Crippen molar-refractivity contribution >= 4 is 107 Å². The van der Waals surface area contributed by atoms with E-state index in [1.165, 1.54) is 13.0 Å². The minimum Gasteiger partial charge on any atom is -0.463 e. The summed E-state index contributed by atoms with van der Waals surface area (Å²) in [5, 5.41) is 2.55. The van der Waals surface area contributed by atoms with Gasteiger partial charge in [-0.2, -0.15) is 0 Å². The van der Waals surface area contributed by atoms with E-state index in [1.807, 2.05) is 0 Å². The summed E-state index contributed by atoms with van der Waals surface area (Å²) in [6.45, 7) is 16.2. The summed E-state index contributed by atoms with van der Waals surface area (Å²) in [6, 6.07) is -2.20. The molecule has 1 amide bonds. The minimum atomic E-state index is -2.45. The molecule has 6 aliphatic heterocycles. The van der Waals surface area contributed by atoms with Crippen molar-refractivity contribution in [3.63, 3.8) is 0 Å². The van der Waals surface area contributed by atoms with E-state index in [-0.39, 0.29) is 6.61 Å². The van der Waals surface area contributed by atoms with Gasteiger partial charge in [-0.05, 0) is 6.92 Å². The maximum absolute atomic E-state index is 14.2. The van der Waals surface area contributed by atoms with Crippen molar-refractivity contribution in [1.29, 1.82) is 0 Å². The van der Waals surface area contributed by atoms with Crippen LogP contribution in [0.25, 0.3) is 0 Å². The number of nitrogens with one attached hydrogen (secondary N) is 1. The molecule has 6 saturated heterocycles. The third kappa shape index (κ3) is 30.3. The predicted octanol–water partition coefficient (Wildman–Crippen LogP) is -2.02. The van der Waals surface area contributed by atoms with E-state index in [9.17, 15) is 86.3 Å². The summed E-state index contributed by atoms with van der Waals surface area (Å²) in [7, 11) is 0. The number of rotatable bonds is 36. The van der Waals surface area contributed by atoms with Crippen LogP contribution in [0.2, 0.25) is 0 Å². The first-order valence-corrected chi connectivity index (χ1v) is 38.1. The molecule has 0 radical (unpaired) electrons. The Kier molecular flexibility index (Phi) is 38.8. The molecule has 0 spiro atoms. The van der Waals surface area contributed by atoms with Crippen molar-refractivity contribution in [2.75, 3.05) is 39.6 Å². The van der Waals surface area contributed by atoms with E-state index >= 15 is 0 Å². The predicted molar refractivity (Wildman–Crippen MR) is 386 cm³/mol. The van der Waals surface area contributed by atoms with Gasteiger partial charge in [-0.1, -0.05) is 6.08 Å². The van der Waals surface area contributed by atoms with E-state index in [1.54, 1.807) is 0 Å². The third-order valence-corrected chi connectivity index (χ3v) is 17.8. The molecule has 48 heteroatoms. The van der Waals surface area contributed by atoms with E-state index in [0.717, 1.165) is 125 Å². The van der Waals surface area contributed by atoms with Crippen molar-refractivity contribution < 1.29 is 224 Å². The first kappa shape index (κ1) is 102. The summed E-state index contributed by atoms with van der Waals surface area (Å²) in [6.07, 6.45) is -58.6. The Morgan fingerprint density at radius 1 is 0.244 bits per heavy atom. The van der Waals surface area contributed by atoms with Crippen molar-refractivity contribution in [3.8, 4) is 0 Å². The SMILES string of the molecule is C=CCO[C@@H]1OC(COC(C)=O)[C@@H](O[C@@H]2OC(COC(C)=O)[C@H](O[C@H]3OC(COC(C)=O)[C@H](OC(C)=O)[C@H](O[C@@H]4OC(COC(C)=O)[C@H](OC(C)=O)[C@H](O[C@@H]5OC(COC(C)=O)[C@H](OC(C)=O)[C@H](OC(C)=O)C5O[C@@H]5OC(C)[C@H](OC(C)=O)C(OC(C)=O)[C@H]5OC(C)=O)C4NC(C)=O)C3OC(C)=O)[C@H](OC(C)=O)C2OC(C)=O)[C@H](OC(C)=O)C1OC(C)=O. The van der Waals surface area contributed by atoms with Gasteiger partial charge in [0.1, 0.15) is 94.0 Å². The number of hydrogen-bond donors (Lipinski definition) is 1.